The van der Waals surface area contributed by atoms with Crippen molar-refractivity contribution in [3.63, 3.8) is 0 Å². The fourth-order valence-electron chi connectivity index (χ4n) is 4.16. The predicted molar refractivity (Wildman–Crippen MR) is 151 cm³/mol. The van der Waals surface area contributed by atoms with E-state index in [2.05, 4.69) is 48.2 Å². The summed E-state index contributed by atoms with van der Waals surface area (Å²) in [4.78, 5) is 18.5. The molecule has 38 heavy (non-hydrogen) atoms. The Labute approximate surface area is 223 Å². The highest BCUT2D eigenvalue weighted by Gasteiger charge is 2.15. The molecule has 0 unspecified atom stereocenters. The Morgan fingerprint density at radius 3 is 2.37 bits per heavy atom. The van der Waals surface area contributed by atoms with Gasteiger partial charge in [-0.2, -0.15) is 14.6 Å². The van der Waals surface area contributed by atoms with E-state index in [1.165, 1.54) is 21.4 Å². The second-order valence-electron chi connectivity index (χ2n) is 9.00. The largest absolute Gasteiger partial charge is 0.494 e. The average Bonchev–Trinajstić information content (AvgIpc) is 3.64. The van der Waals surface area contributed by atoms with Gasteiger partial charge in [-0.3, -0.25) is 4.79 Å². The number of ether oxygens (including phenoxy) is 1. The maximum absolute atomic E-state index is 13.3. The van der Waals surface area contributed by atoms with Crippen LogP contribution in [0.2, 0.25) is 0 Å². The van der Waals surface area contributed by atoms with E-state index in [4.69, 9.17) is 9.84 Å². The van der Waals surface area contributed by atoms with Gasteiger partial charge in [0.2, 0.25) is 4.96 Å². The summed E-state index contributed by atoms with van der Waals surface area (Å²) in [6, 6.07) is 25.8. The second-order valence-corrected chi connectivity index (χ2v) is 10.0. The minimum atomic E-state index is -0.200. The van der Waals surface area contributed by atoms with Gasteiger partial charge in [0.05, 0.1) is 22.5 Å². The van der Waals surface area contributed by atoms with Gasteiger partial charge in [-0.25, -0.2) is 4.68 Å². The van der Waals surface area contributed by atoms with Crippen LogP contribution in [0.5, 0.6) is 5.75 Å². The molecule has 0 radical (unpaired) electrons. The molecule has 0 aliphatic carbocycles. The van der Waals surface area contributed by atoms with E-state index in [0.29, 0.717) is 21.9 Å². The monoisotopic (exact) mass is 519 g/mol. The lowest BCUT2D eigenvalue weighted by atomic mass is 10.1. The average molecular weight is 520 g/mol. The van der Waals surface area contributed by atoms with E-state index in [1.807, 2.05) is 71.6 Å². The minimum absolute atomic E-state index is 0.200. The first-order chi connectivity index (χ1) is 18.6. The first kappa shape index (κ1) is 23.8. The Hall–Kier alpha value is -4.56. The van der Waals surface area contributed by atoms with E-state index in [1.54, 1.807) is 0 Å². The zero-order valence-electron chi connectivity index (χ0n) is 21.0. The Balaban J connectivity index is 1.40. The highest BCUT2D eigenvalue weighted by molar-refractivity contribution is 7.15. The lowest BCUT2D eigenvalue weighted by molar-refractivity contribution is 0.317. The van der Waals surface area contributed by atoms with Crippen molar-refractivity contribution >= 4 is 22.4 Å². The van der Waals surface area contributed by atoms with E-state index in [0.717, 1.165) is 40.2 Å². The van der Waals surface area contributed by atoms with Gasteiger partial charge in [-0.05, 0) is 55.8 Å². The molecule has 3 aromatic heterocycles. The SMILES string of the molecule is CCCOc1ccc(-c2nc3sc(=Cc4cn(-c5ccccc5)nc4-c4ccc(C)cc4)c(=O)n3n2)cc1. The number of aromatic nitrogens is 5. The number of aryl methyl sites for hydroxylation is 1. The van der Waals surface area contributed by atoms with Crippen molar-refractivity contribution < 1.29 is 4.74 Å². The third kappa shape index (κ3) is 4.62. The number of nitrogens with zero attached hydrogens (tertiary/aromatic N) is 5. The van der Waals surface area contributed by atoms with Crippen LogP contribution in [0.1, 0.15) is 24.5 Å². The third-order valence-corrected chi connectivity index (χ3v) is 7.10. The van der Waals surface area contributed by atoms with Gasteiger partial charge < -0.3 is 4.74 Å². The van der Waals surface area contributed by atoms with Crippen LogP contribution in [0.3, 0.4) is 0 Å². The minimum Gasteiger partial charge on any atom is -0.494 e. The lowest BCUT2D eigenvalue weighted by Gasteiger charge is -2.04. The summed E-state index contributed by atoms with van der Waals surface area (Å²) in [5.74, 6) is 1.32. The lowest BCUT2D eigenvalue weighted by Crippen LogP contribution is -2.23. The highest BCUT2D eigenvalue weighted by Crippen LogP contribution is 2.25. The van der Waals surface area contributed by atoms with Crippen molar-refractivity contribution in [2.45, 2.75) is 20.3 Å². The predicted octanol–water partition coefficient (Wildman–Crippen LogP) is 5.32. The molecule has 188 valence electrons. The van der Waals surface area contributed by atoms with Crippen LogP contribution >= 0.6 is 11.3 Å². The zero-order valence-corrected chi connectivity index (χ0v) is 21.9. The highest BCUT2D eigenvalue weighted by atomic mass is 32.1. The van der Waals surface area contributed by atoms with Gasteiger partial charge in [-0.15, -0.1) is 5.10 Å². The molecule has 0 amide bonds. The number of hydrogen-bond acceptors (Lipinski definition) is 6. The number of thiazole rings is 1. The second kappa shape index (κ2) is 10.1. The standard InChI is InChI=1S/C30H25N5O2S/c1-3-17-37-25-15-13-22(14-16-25)28-31-30-35(33-28)29(36)26(38-30)18-23-19-34(24-7-5-4-6-8-24)32-27(23)21-11-9-20(2)10-12-21/h4-16,18-19H,3,17H2,1-2H3. The molecule has 0 atom stereocenters. The molecule has 6 aromatic rings. The van der Waals surface area contributed by atoms with Crippen molar-refractivity contribution in [2.75, 3.05) is 6.61 Å². The van der Waals surface area contributed by atoms with Gasteiger partial charge in [-0.1, -0.05) is 66.3 Å². The maximum atomic E-state index is 13.3. The molecule has 3 aromatic carbocycles. The van der Waals surface area contributed by atoms with E-state index in [9.17, 15) is 4.79 Å². The van der Waals surface area contributed by atoms with E-state index in [-0.39, 0.29) is 5.56 Å². The van der Waals surface area contributed by atoms with Crippen LogP contribution in [-0.2, 0) is 0 Å². The molecule has 7 nitrogen and oxygen atoms in total. The summed E-state index contributed by atoms with van der Waals surface area (Å²) < 4.78 is 9.42. The molecular formula is C30H25N5O2S. The summed E-state index contributed by atoms with van der Waals surface area (Å²) in [7, 11) is 0. The fourth-order valence-corrected chi connectivity index (χ4v) is 5.06. The number of fused-ring (bicyclic) bond motifs is 1. The molecule has 0 bridgehead atoms. The molecule has 0 fully saturated rings. The van der Waals surface area contributed by atoms with Crippen LogP contribution in [0.4, 0.5) is 0 Å². The molecule has 8 heteroatoms. The molecule has 0 aliphatic heterocycles. The Kier molecular flexibility index (Phi) is 6.31. The first-order valence-corrected chi connectivity index (χ1v) is 13.3. The Morgan fingerprint density at radius 2 is 1.66 bits per heavy atom. The van der Waals surface area contributed by atoms with Crippen LogP contribution in [0, 0.1) is 6.92 Å². The number of hydrogen-bond donors (Lipinski definition) is 0. The Bertz CT molecular complexity index is 1820. The molecule has 0 N–H and O–H groups in total. The summed E-state index contributed by atoms with van der Waals surface area (Å²) in [6.45, 7) is 4.80. The van der Waals surface area contributed by atoms with Crippen LogP contribution in [0.15, 0.2) is 89.9 Å². The van der Waals surface area contributed by atoms with Gasteiger partial charge in [0.1, 0.15) is 5.75 Å². The Morgan fingerprint density at radius 1 is 0.921 bits per heavy atom. The van der Waals surface area contributed by atoms with Crippen LogP contribution in [0.25, 0.3) is 39.4 Å². The fraction of sp³-hybridized carbons (Fsp3) is 0.133. The molecule has 6 rings (SSSR count). The summed E-state index contributed by atoms with van der Waals surface area (Å²) in [5.41, 5.74) is 5.39. The first-order valence-electron chi connectivity index (χ1n) is 12.5. The topological polar surface area (TPSA) is 74.3 Å². The van der Waals surface area contributed by atoms with Crippen molar-refractivity contribution in [1.82, 2.24) is 24.4 Å². The summed E-state index contributed by atoms with van der Waals surface area (Å²) in [5, 5.41) is 9.37. The molecule has 0 spiro atoms. The van der Waals surface area contributed by atoms with Gasteiger partial charge in [0, 0.05) is 22.9 Å². The van der Waals surface area contributed by atoms with E-state index < -0.39 is 0 Å². The number of benzene rings is 3. The smallest absolute Gasteiger partial charge is 0.291 e. The van der Waals surface area contributed by atoms with Crippen LogP contribution < -0.4 is 14.8 Å². The molecular weight excluding hydrogens is 494 g/mol. The molecule has 0 saturated heterocycles. The van der Waals surface area contributed by atoms with Crippen molar-refractivity contribution in [3.8, 4) is 34.1 Å². The molecule has 3 heterocycles. The molecule has 0 saturated carbocycles. The quantitative estimate of drug-likeness (QED) is 0.286. The van der Waals surface area contributed by atoms with Crippen molar-refractivity contribution in [3.05, 3.63) is 111 Å². The third-order valence-electron chi connectivity index (χ3n) is 6.14. The van der Waals surface area contributed by atoms with Gasteiger partial charge in [0.25, 0.3) is 5.56 Å². The zero-order chi connectivity index (χ0) is 26.1. The van der Waals surface area contributed by atoms with Gasteiger partial charge >= 0.3 is 0 Å². The maximum Gasteiger partial charge on any atom is 0.291 e. The molecule has 0 aliphatic rings. The van der Waals surface area contributed by atoms with Crippen molar-refractivity contribution in [1.29, 1.82) is 0 Å². The number of rotatable bonds is 7. The van der Waals surface area contributed by atoms with Crippen molar-refractivity contribution in [2.24, 2.45) is 0 Å². The van der Waals surface area contributed by atoms with Crippen LogP contribution in [-0.4, -0.2) is 31.0 Å². The van der Waals surface area contributed by atoms with E-state index >= 15 is 0 Å². The summed E-state index contributed by atoms with van der Waals surface area (Å²) >= 11 is 1.32. The normalized spacial score (nSPS) is 11.9. The summed E-state index contributed by atoms with van der Waals surface area (Å²) in [6.07, 6.45) is 4.78. The number of para-hydroxylation sites is 1. The van der Waals surface area contributed by atoms with Gasteiger partial charge in [0.15, 0.2) is 5.82 Å².